The summed E-state index contributed by atoms with van der Waals surface area (Å²) in [6, 6.07) is 7.65. The van der Waals surface area contributed by atoms with Crippen LogP contribution in [0.25, 0.3) is 11.0 Å². The van der Waals surface area contributed by atoms with Gasteiger partial charge in [-0.3, -0.25) is 5.10 Å². The first-order valence-corrected chi connectivity index (χ1v) is 9.18. The lowest BCUT2D eigenvalue weighted by atomic mass is 10.3. The Morgan fingerprint density at radius 3 is 3.00 bits per heavy atom. The van der Waals surface area contributed by atoms with E-state index in [9.17, 15) is 4.79 Å². The fraction of sp³-hybridized carbons (Fsp3) is 0.421. The SMILES string of the molecule is COc1ccc2nc(CCN(C)C(=O)NCc3cc(C4CC4)n[nH]3)[nH]c2c1. The van der Waals surface area contributed by atoms with Gasteiger partial charge < -0.3 is 19.9 Å². The Morgan fingerprint density at radius 1 is 1.37 bits per heavy atom. The van der Waals surface area contributed by atoms with Gasteiger partial charge in [0.25, 0.3) is 0 Å². The molecule has 1 aliphatic carbocycles. The van der Waals surface area contributed by atoms with Crippen LogP contribution in [-0.4, -0.2) is 51.8 Å². The van der Waals surface area contributed by atoms with Crippen molar-refractivity contribution < 1.29 is 9.53 Å². The van der Waals surface area contributed by atoms with Crippen LogP contribution in [-0.2, 0) is 13.0 Å². The molecule has 2 amide bonds. The van der Waals surface area contributed by atoms with Gasteiger partial charge in [-0.2, -0.15) is 5.10 Å². The maximum atomic E-state index is 12.3. The van der Waals surface area contributed by atoms with Gasteiger partial charge in [-0.05, 0) is 31.0 Å². The summed E-state index contributed by atoms with van der Waals surface area (Å²) in [5.41, 5.74) is 3.87. The number of hydrogen-bond donors (Lipinski definition) is 3. The quantitative estimate of drug-likeness (QED) is 0.597. The molecule has 142 valence electrons. The Morgan fingerprint density at radius 2 is 2.22 bits per heavy atom. The van der Waals surface area contributed by atoms with Crippen LogP contribution in [0.5, 0.6) is 5.75 Å². The van der Waals surface area contributed by atoms with E-state index in [1.165, 1.54) is 12.8 Å². The van der Waals surface area contributed by atoms with Crippen LogP contribution in [0.3, 0.4) is 0 Å². The number of fused-ring (bicyclic) bond motifs is 1. The molecule has 1 fully saturated rings. The number of hydrogen-bond acceptors (Lipinski definition) is 4. The largest absolute Gasteiger partial charge is 0.497 e. The van der Waals surface area contributed by atoms with Gasteiger partial charge in [0.05, 0.1) is 36.1 Å². The summed E-state index contributed by atoms with van der Waals surface area (Å²) in [4.78, 5) is 21.8. The molecule has 1 aromatic carbocycles. The van der Waals surface area contributed by atoms with Gasteiger partial charge in [0.2, 0.25) is 0 Å². The van der Waals surface area contributed by atoms with Crippen LogP contribution in [0, 0.1) is 0 Å². The molecular weight excluding hydrogens is 344 g/mol. The number of H-pyrrole nitrogens is 2. The number of carbonyl (C=O) groups excluding carboxylic acids is 1. The number of likely N-dealkylation sites (N-methyl/N-ethyl adjacent to an activating group) is 1. The first-order valence-electron chi connectivity index (χ1n) is 9.18. The maximum Gasteiger partial charge on any atom is 0.317 e. The van der Waals surface area contributed by atoms with E-state index in [1.807, 2.05) is 24.3 Å². The van der Waals surface area contributed by atoms with Crippen molar-refractivity contribution >= 4 is 17.1 Å². The molecule has 8 heteroatoms. The van der Waals surface area contributed by atoms with Gasteiger partial charge in [-0.1, -0.05) is 0 Å². The highest BCUT2D eigenvalue weighted by molar-refractivity contribution is 5.77. The fourth-order valence-corrected chi connectivity index (χ4v) is 3.03. The van der Waals surface area contributed by atoms with E-state index >= 15 is 0 Å². The highest BCUT2D eigenvalue weighted by atomic mass is 16.5. The zero-order chi connectivity index (χ0) is 18.8. The third kappa shape index (κ3) is 4.05. The van der Waals surface area contributed by atoms with Crippen LogP contribution in [0.15, 0.2) is 24.3 Å². The van der Waals surface area contributed by atoms with E-state index in [0.29, 0.717) is 25.4 Å². The first kappa shape index (κ1) is 17.4. The highest BCUT2D eigenvalue weighted by Crippen LogP contribution is 2.38. The van der Waals surface area contributed by atoms with E-state index < -0.39 is 0 Å². The average molecular weight is 368 g/mol. The van der Waals surface area contributed by atoms with E-state index in [4.69, 9.17) is 4.74 Å². The third-order valence-electron chi connectivity index (χ3n) is 4.85. The summed E-state index contributed by atoms with van der Waals surface area (Å²) < 4.78 is 5.23. The maximum absolute atomic E-state index is 12.3. The monoisotopic (exact) mass is 368 g/mol. The molecular formula is C19H24N6O2. The molecule has 0 unspecified atom stereocenters. The van der Waals surface area contributed by atoms with Crippen molar-refractivity contribution in [1.29, 1.82) is 0 Å². The number of aromatic nitrogens is 4. The summed E-state index contributed by atoms with van der Waals surface area (Å²) in [5.74, 6) is 2.25. The van der Waals surface area contributed by atoms with Crippen molar-refractivity contribution in [1.82, 2.24) is 30.4 Å². The summed E-state index contributed by atoms with van der Waals surface area (Å²) in [7, 11) is 3.42. The first-order chi connectivity index (χ1) is 13.1. The normalized spacial score (nSPS) is 13.7. The predicted octanol–water partition coefficient (Wildman–Crippen LogP) is 2.56. The Bertz CT molecular complexity index is 943. The minimum Gasteiger partial charge on any atom is -0.497 e. The van der Waals surface area contributed by atoms with Crippen LogP contribution in [0.2, 0.25) is 0 Å². The minimum atomic E-state index is -0.115. The molecule has 2 aromatic heterocycles. The second-order valence-corrected chi connectivity index (χ2v) is 6.99. The lowest BCUT2D eigenvalue weighted by Gasteiger charge is -2.16. The number of rotatable bonds is 7. The second kappa shape index (κ2) is 7.30. The van der Waals surface area contributed by atoms with E-state index in [1.54, 1.807) is 19.1 Å². The summed E-state index contributed by atoms with van der Waals surface area (Å²) in [6.45, 7) is 1.02. The number of benzene rings is 1. The van der Waals surface area contributed by atoms with Crippen LogP contribution in [0.1, 0.15) is 36.0 Å². The van der Waals surface area contributed by atoms with Crippen LogP contribution >= 0.6 is 0 Å². The van der Waals surface area contributed by atoms with Crippen molar-refractivity contribution in [2.24, 2.45) is 0 Å². The Hall–Kier alpha value is -3.03. The van der Waals surface area contributed by atoms with Gasteiger partial charge in [-0.25, -0.2) is 9.78 Å². The molecule has 3 aromatic rings. The van der Waals surface area contributed by atoms with Crippen molar-refractivity contribution in [3.63, 3.8) is 0 Å². The number of nitrogens with zero attached hydrogens (tertiary/aromatic N) is 3. The Labute approximate surface area is 157 Å². The fourth-order valence-electron chi connectivity index (χ4n) is 3.03. The van der Waals surface area contributed by atoms with Gasteiger partial charge in [0.1, 0.15) is 11.6 Å². The predicted molar refractivity (Wildman–Crippen MR) is 102 cm³/mol. The molecule has 8 nitrogen and oxygen atoms in total. The standard InChI is InChI=1S/C19H24N6O2/c1-25(19(26)20-11-13-9-16(24-23-13)12-3-4-12)8-7-18-21-15-6-5-14(27-2)10-17(15)22-18/h5-6,9-10,12H,3-4,7-8,11H2,1-2H3,(H,20,26)(H,21,22)(H,23,24). The van der Waals surface area contributed by atoms with Crippen molar-refractivity contribution in [3.8, 4) is 5.75 Å². The molecule has 1 saturated carbocycles. The van der Waals surface area contributed by atoms with E-state index in [2.05, 4.69) is 25.5 Å². The lowest BCUT2D eigenvalue weighted by Crippen LogP contribution is -2.38. The van der Waals surface area contributed by atoms with Crippen molar-refractivity contribution in [3.05, 3.63) is 41.5 Å². The molecule has 0 bridgehead atoms. The number of methoxy groups -OCH3 is 1. The number of carbonyl (C=O) groups is 1. The van der Waals surface area contributed by atoms with Gasteiger partial charge in [-0.15, -0.1) is 0 Å². The minimum absolute atomic E-state index is 0.115. The summed E-state index contributed by atoms with van der Waals surface area (Å²) in [6.07, 6.45) is 3.08. The Kier molecular flexibility index (Phi) is 4.70. The van der Waals surface area contributed by atoms with Crippen molar-refractivity contribution in [2.75, 3.05) is 20.7 Å². The molecule has 0 spiro atoms. The number of nitrogens with one attached hydrogen (secondary N) is 3. The average Bonchev–Trinajstić information content (AvgIpc) is 3.28. The zero-order valence-corrected chi connectivity index (χ0v) is 15.6. The number of ether oxygens (including phenoxy) is 1. The molecule has 0 radical (unpaired) electrons. The summed E-state index contributed by atoms with van der Waals surface area (Å²) in [5, 5.41) is 10.2. The number of urea groups is 1. The molecule has 0 aliphatic heterocycles. The highest BCUT2D eigenvalue weighted by Gasteiger charge is 2.26. The topological polar surface area (TPSA) is 98.9 Å². The van der Waals surface area contributed by atoms with E-state index in [-0.39, 0.29) is 6.03 Å². The molecule has 0 atom stereocenters. The lowest BCUT2D eigenvalue weighted by molar-refractivity contribution is 0.208. The van der Waals surface area contributed by atoms with Gasteiger partial charge in [0.15, 0.2) is 0 Å². The molecule has 1 aliphatic rings. The molecule has 27 heavy (non-hydrogen) atoms. The van der Waals surface area contributed by atoms with Crippen LogP contribution in [0.4, 0.5) is 4.79 Å². The summed E-state index contributed by atoms with van der Waals surface area (Å²) >= 11 is 0. The molecule has 4 rings (SSSR count). The molecule has 3 N–H and O–H groups in total. The number of amides is 2. The van der Waals surface area contributed by atoms with Crippen LogP contribution < -0.4 is 10.1 Å². The Balaban J connectivity index is 1.27. The second-order valence-electron chi connectivity index (χ2n) is 6.99. The molecule has 2 heterocycles. The zero-order valence-electron chi connectivity index (χ0n) is 15.6. The third-order valence-corrected chi connectivity index (χ3v) is 4.85. The molecule has 0 saturated heterocycles. The number of imidazole rings is 1. The van der Waals surface area contributed by atoms with Gasteiger partial charge >= 0.3 is 6.03 Å². The smallest absolute Gasteiger partial charge is 0.317 e. The van der Waals surface area contributed by atoms with Crippen molar-refractivity contribution in [2.45, 2.75) is 31.7 Å². The van der Waals surface area contributed by atoms with E-state index in [0.717, 1.165) is 34.0 Å². The van der Waals surface area contributed by atoms with Gasteiger partial charge in [0, 0.05) is 32.0 Å². The number of aromatic amines is 2.